The average molecular weight is 489 g/mol. The molecule has 4 aromatic rings. The van der Waals surface area contributed by atoms with Crippen LogP contribution in [-0.4, -0.2) is 97.4 Å². The standard InChI is InChI=1S/C25H28N8O3/c34-24(32-11-9-25(35,10-12-32)17-31-13-15-36-16-14-31)18-5-7-19(8-6-18)26-22-23-28-29-30-33(23)21-4-2-1-3-20(21)27-22/h1-8,35H,9-17H2,(H,26,27). The summed E-state index contributed by atoms with van der Waals surface area (Å²) >= 11 is 0. The van der Waals surface area contributed by atoms with E-state index in [2.05, 4.69) is 30.7 Å². The summed E-state index contributed by atoms with van der Waals surface area (Å²) in [4.78, 5) is 21.9. The molecule has 0 aliphatic carbocycles. The van der Waals surface area contributed by atoms with Crippen molar-refractivity contribution >= 4 is 34.1 Å². The van der Waals surface area contributed by atoms with E-state index in [-0.39, 0.29) is 5.91 Å². The van der Waals surface area contributed by atoms with Crippen LogP contribution in [0.5, 0.6) is 0 Å². The number of tetrazole rings is 1. The number of para-hydroxylation sites is 2. The van der Waals surface area contributed by atoms with Gasteiger partial charge in [-0.2, -0.15) is 4.52 Å². The Labute approximate surface area is 207 Å². The van der Waals surface area contributed by atoms with Crippen molar-refractivity contribution in [3.05, 3.63) is 54.1 Å². The van der Waals surface area contributed by atoms with Crippen molar-refractivity contribution in [2.24, 2.45) is 0 Å². The zero-order valence-electron chi connectivity index (χ0n) is 19.9. The van der Waals surface area contributed by atoms with E-state index in [9.17, 15) is 9.90 Å². The van der Waals surface area contributed by atoms with E-state index in [1.807, 2.05) is 41.3 Å². The number of ether oxygens (including phenoxy) is 1. The Bertz CT molecular complexity index is 1380. The number of hydrogen-bond acceptors (Lipinski definition) is 9. The SMILES string of the molecule is O=C(c1ccc(Nc2nc3ccccc3n3nnnc23)cc1)N1CCC(O)(CN2CCOCC2)CC1. The van der Waals surface area contributed by atoms with E-state index in [4.69, 9.17) is 4.74 Å². The molecule has 2 aliphatic rings. The van der Waals surface area contributed by atoms with Crippen molar-refractivity contribution in [2.75, 3.05) is 51.3 Å². The Kier molecular flexibility index (Phi) is 5.96. The van der Waals surface area contributed by atoms with E-state index in [0.29, 0.717) is 62.7 Å². The number of β-amino-alcohol motifs (C(OH)–C–C–N with tert-alkyl or cyclic N) is 1. The lowest BCUT2D eigenvalue weighted by molar-refractivity contribution is -0.0598. The third kappa shape index (κ3) is 4.48. The topological polar surface area (TPSA) is 121 Å². The highest BCUT2D eigenvalue weighted by atomic mass is 16.5. The summed E-state index contributed by atoms with van der Waals surface area (Å²) in [5, 5.41) is 26.3. The summed E-state index contributed by atoms with van der Waals surface area (Å²) < 4.78 is 7.05. The van der Waals surface area contributed by atoms with Crippen LogP contribution in [0.25, 0.3) is 16.7 Å². The van der Waals surface area contributed by atoms with Crippen molar-refractivity contribution in [1.29, 1.82) is 0 Å². The summed E-state index contributed by atoms with van der Waals surface area (Å²) in [5.41, 5.74) is 2.74. The van der Waals surface area contributed by atoms with Gasteiger partial charge in [0, 0.05) is 44.0 Å². The normalized spacial score (nSPS) is 18.5. The van der Waals surface area contributed by atoms with Crippen LogP contribution in [0.4, 0.5) is 11.5 Å². The van der Waals surface area contributed by atoms with Crippen LogP contribution < -0.4 is 5.32 Å². The van der Waals surface area contributed by atoms with Crippen molar-refractivity contribution in [3.63, 3.8) is 0 Å². The number of benzene rings is 2. The molecule has 36 heavy (non-hydrogen) atoms. The highest BCUT2D eigenvalue weighted by molar-refractivity contribution is 5.95. The predicted molar refractivity (Wildman–Crippen MR) is 133 cm³/mol. The summed E-state index contributed by atoms with van der Waals surface area (Å²) in [6, 6.07) is 15.0. The first-order chi connectivity index (χ1) is 17.6. The van der Waals surface area contributed by atoms with Crippen molar-refractivity contribution in [2.45, 2.75) is 18.4 Å². The second kappa shape index (κ2) is 9.41. The molecule has 6 rings (SSSR count). The Morgan fingerprint density at radius 3 is 2.56 bits per heavy atom. The highest BCUT2D eigenvalue weighted by Gasteiger charge is 2.36. The van der Waals surface area contributed by atoms with Crippen LogP contribution in [-0.2, 0) is 4.74 Å². The number of amides is 1. The molecule has 2 aromatic carbocycles. The minimum Gasteiger partial charge on any atom is -0.388 e. The molecule has 186 valence electrons. The van der Waals surface area contributed by atoms with E-state index in [1.165, 1.54) is 0 Å². The number of aromatic nitrogens is 5. The van der Waals surface area contributed by atoms with Crippen LogP contribution in [0.15, 0.2) is 48.5 Å². The zero-order valence-corrected chi connectivity index (χ0v) is 19.9. The van der Waals surface area contributed by atoms with Crippen molar-refractivity contribution in [1.82, 2.24) is 34.8 Å². The molecular weight excluding hydrogens is 460 g/mol. The molecule has 0 unspecified atom stereocenters. The van der Waals surface area contributed by atoms with E-state index in [0.717, 1.165) is 29.8 Å². The molecule has 0 atom stereocenters. The van der Waals surface area contributed by atoms with E-state index in [1.54, 1.807) is 16.6 Å². The Morgan fingerprint density at radius 1 is 1.03 bits per heavy atom. The maximum atomic E-state index is 13.1. The van der Waals surface area contributed by atoms with Gasteiger partial charge in [0.1, 0.15) is 0 Å². The van der Waals surface area contributed by atoms with Crippen LogP contribution in [0, 0.1) is 0 Å². The molecule has 4 heterocycles. The third-order valence-electron chi connectivity index (χ3n) is 7.02. The first-order valence-corrected chi connectivity index (χ1v) is 12.2. The summed E-state index contributed by atoms with van der Waals surface area (Å²) in [7, 11) is 0. The largest absolute Gasteiger partial charge is 0.388 e. The second-order valence-corrected chi connectivity index (χ2v) is 9.47. The highest BCUT2D eigenvalue weighted by Crippen LogP contribution is 2.26. The number of anilines is 2. The molecule has 2 fully saturated rings. The lowest BCUT2D eigenvalue weighted by atomic mass is 9.90. The maximum absolute atomic E-state index is 13.1. The van der Waals surface area contributed by atoms with E-state index < -0.39 is 5.60 Å². The predicted octanol–water partition coefficient (Wildman–Crippen LogP) is 1.72. The van der Waals surface area contributed by atoms with Crippen LogP contribution in [0.1, 0.15) is 23.2 Å². The Balaban J connectivity index is 1.11. The minimum atomic E-state index is -0.753. The summed E-state index contributed by atoms with van der Waals surface area (Å²) in [5.74, 6) is 0.510. The maximum Gasteiger partial charge on any atom is 0.253 e. The van der Waals surface area contributed by atoms with Crippen molar-refractivity contribution < 1.29 is 14.6 Å². The molecule has 2 aliphatic heterocycles. The fourth-order valence-electron chi connectivity index (χ4n) is 4.96. The number of rotatable bonds is 5. The van der Waals surface area contributed by atoms with Gasteiger partial charge in [0.25, 0.3) is 5.91 Å². The number of likely N-dealkylation sites (tertiary alicyclic amines) is 1. The summed E-state index contributed by atoms with van der Waals surface area (Å²) in [6.45, 7) is 4.83. The molecule has 0 spiro atoms. The number of piperidine rings is 1. The van der Waals surface area contributed by atoms with Gasteiger partial charge in [0.2, 0.25) is 5.65 Å². The molecule has 0 bridgehead atoms. The summed E-state index contributed by atoms with van der Waals surface area (Å²) in [6.07, 6.45) is 1.15. The van der Waals surface area contributed by atoms with Gasteiger partial charge in [-0.15, -0.1) is 5.10 Å². The number of nitrogens with one attached hydrogen (secondary N) is 1. The van der Waals surface area contributed by atoms with Gasteiger partial charge >= 0.3 is 0 Å². The Morgan fingerprint density at radius 2 is 1.78 bits per heavy atom. The molecule has 2 N–H and O–H groups in total. The number of aliphatic hydroxyl groups is 1. The quantitative estimate of drug-likeness (QED) is 0.432. The molecule has 0 saturated carbocycles. The number of carbonyl (C=O) groups excluding carboxylic acids is 1. The first kappa shape index (κ1) is 22.8. The first-order valence-electron chi connectivity index (χ1n) is 12.2. The average Bonchev–Trinajstić information content (AvgIpc) is 3.41. The van der Waals surface area contributed by atoms with Crippen LogP contribution in [0.2, 0.25) is 0 Å². The molecule has 1 amide bonds. The van der Waals surface area contributed by atoms with Gasteiger partial charge < -0.3 is 20.1 Å². The number of hydrogen-bond donors (Lipinski definition) is 2. The fraction of sp³-hybridized carbons (Fsp3) is 0.400. The van der Waals surface area contributed by atoms with E-state index >= 15 is 0 Å². The lowest BCUT2D eigenvalue weighted by Crippen LogP contribution is -2.53. The Hall–Kier alpha value is -3.67. The third-order valence-corrected chi connectivity index (χ3v) is 7.02. The molecule has 2 aromatic heterocycles. The molecule has 11 nitrogen and oxygen atoms in total. The monoisotopic (exact) mass is 488 g/mol. The van der Waals surface area contributed by atoms with Crippen molar-refractivity contribution in [3.8, 4) is 0 Å². The second-order valence-electron chi connectivity index (χ2n) is 9.47. The van der Waals surface area contributed by atoms with Gasteiger partial charge in [0.05, 0.1) is 29.8 Å². The molecule has 0 radical (unpaired) electrons. The van der Waals surface area contributed by atoms with Gasteiger partial charge in [0.15, 0.2) is 5.82 Å². The zero-order chi connectivity index (χ0) is 24.5. The van der Waals surface area contributed by atoms with Gasteiger partial charge in [-0.3, -0.25) is 9.69 Å². The van der Waals surface area contributed by atoms with Gasteiger partial charge in [-0.1, -0.05) is 12.1 Å². The minimum absolute atomic E-state index is 0.0251. The smallest absolute Gasteiger partial charge is 0.253 e. The fourth-order valence-corrected chi connectivity index (χ4v) is 4.96. The number of nitrogens with zero attached hydrogens (tertiary/aromatic N) is 7. The lowest BCUT2D eigenvalue weighted by Gasteiger charge is -2.41. The number of fused-ring (bicyclic) bond motifs is 3. The van der Waals surface area contributed by atoms with Crippen LogP contribution in [0.3, 0.4) is 0 Å². The van der Waals surface area contributed by atoms with Crippen LogP contribution >= 0.6 is 0 Å². The molecular formula is C25H28N8O3. The molecule has 2 saturated heterocycles. The molecule has 11 heteroatoms. The number of carbonyl (C=O) groups is 1. The van der Waals surface area contributed by atoms with Gasteiger partial charge in [-0.25, -0.2) is 4.98 Å². The van der Waals surface area contributed by atoms with Gasteiger partial charge in [-0.05, 0) is 59.7 Å². The number of morpholine rings is 1.